The molecule has 0 spiro atoms. The lowest BCUT2D eigenvalue weighted by molar-refractivity contribution is -0.143. The van der Waals surface area contributed by atoms with Crippen LogP contribution in [0.4, 0.5) is 4.39 Å². The van der Waals surface area contributed by atoms with Crippen LogP contribution in [0.25, 0.3) is 0 Å². The molecule has 0 amide bonds. The van der Waals surface area contributed by atoms with Crippen LogP contribution < -0.4 is 5.32 Å². The number of ether oxygens (including phenoxy) is 1. The molecule has 0 bridgehead atoms. The molecule has 1 unspecified atom stereocenters. The maximum atomic E-state index is 12.9. The zero-order valence-electron chi connectivity index (χ0n) is 9.80. The fourth-order valence-electron chi connectivity index (χ4n) is 1.46. The van der Waals surface area contributed by atoms with Crippen LogP contribution in [0.1, 0.15) is 24.9 Å². The lowest BCUT2D eigenvalue weighted by Crippen LogP contribution is -2.30. The van der Waals surface area contributed by atoms with Gasteiger partial charge in [-0.25, -0.2) is 9.18 Å². The molecule has 0 aliphatic heterocycles. The second kappa shape index (κ2) is 6.57. The van der Waals surface area contributed by atoms with E-state index in [1.54, 1.807) is 0 Å². The molecular formula is C12H15ClFNO2. The van der Waals surface area contributed by atoms with E-state index in [-0.39, 0.29) is 5.02 Å². The number of halogens is 2. The first-order chi connectivity index (χ1) is 8.10. The first-order valence-electron chi connectivity index (χ1n) is 5.36. The van der Waals surface area contributed by atoms with Crippen molar-refractivity contribution in [2.75, 3.05) is 13.7 Å². The van der Waals surface area contributed by atoms with Crippen molar-refractivity contribution in [1.29, 1.82) is 0 Å². The van der Waals surface area contributed by atoms with E-state index in [0.717, 1.165) is 6.42 Å². The molecular weight excluding hydrogens is 245 g/mol. The molecule has 1 atom stereocenters. The van der Waals surface area contributed by atoms with Crippen LogP contribution in [0, 0.1) is 5.82 Å². The summed E-state index contributed by atoms with van der Waals surface area (Å²) in [6, 6.07) is 3.28. The van der Waals surface area contributed by atoms with Crippen molar-refractivity contribution < 1.29 is 13.9 Å². The number of methoxy groups -OCH3 is 1. The van der Waals surface area contributed by atoms with E-state index in [1.807, 2.05) is 6.92 Å². The van der Waals surface area contributed by atoms with Crippen molar-refractivity contribution in [2.45, 2.75) is 19.4 Å². The van der Waals surface area contributed by atoms with E-state index in [9.17, 15) is 9.18 Å². The van der Waals surface area contributed by atoms with Crippen LogP contribution in [-0.4, -0.2) is 19.6 Å². The summed E-state index contributed by atoms with van der Waals surface area (Å²) >= 11 is 5.92. The Balaban J connectivity index is 2.99. The van der Waals surface area contributed by atoms with Crippen molar-refractivity contribution in [2.24, 2.45) is 0 Å². The number of carbonyl (C=O) groups excluding carboxylic acids is 1. The average Bonchev–Trinajstić information content (AvgIpc) is 2.31. The molecule has 94 valence electrons. The molecule has 0 saturated carbocycles. The largest absolute Gasteiger partial charge is 0.468 e. The van der Waals surface area contributed by atoms with E-state index < -0.39 is 17.8 Å². The summed E-state index contributed by atoms with van der Waals surface area (Å²) in [6.45, 7) is 2.63. The van der Waals surface area contributed by atoms with Gasteiger partial charge in [-0.1, -0.05) is 24.6 Å². The molecule has 0 fully saturated rings. The van der Waals surface area contributed by atoms with E-state index >= 15 is 0 Å². The van der Waals surface area contributed by atoms with Crippen molar-refractivity contribution in [3.8, 4) is 0 Å². The molecule has 1 N–H and O–H groups in total. The van der Waals surface area contributed by atoms with Crippen LogP contribution in [0.2, 0.25) is 5.02 Å². The minimum absolute atomic E-state index is 0.212. The maximum absolute atomic E-state index is 12.9. The average molecular weight is 260 g/mol. The molecule has 0 aliphatic rings. The fraction of sp³-hybridized carbons (Fsp3) is 0.417. The summed E-state index contributed by atoms with van der Waals surface area (Å²) in [6.07, 6.45) is 0.867. The zero-order chi connectivity index (χ0) is 12.8. The lowest BCUT2D eigenvalue weighted by Gasteiger charge is -2.17. The molecule has 3 nitrogen and oxygen atoms in total. The van der Waals surface area contributed by atoms with Crippen molar-refractivity contribution in [3.63, 3.8) is 0 Å². The number of nitrogens with one attached hydrogen (secondary N) is 1. The van der Waals surface area contributed by atoms with Crippen LogP contribution in [-0.2, 0) is 9.53 Å². The lowest BCUT2D eigenvalue weighted by atomic mass is 10.1. The highest BCUT2D eigenvalue weighted by molar-refractivity contribution is 6.31. The molecule has 1 aromatic carbocycles. The Morgan fingerprint density at radius 2 is 2.29 bits per heavy atom. The third kappa shape index (κ3) is 3.68. The Hall–Kier alpha value is -1.13. The SMILES string of the molecule is CCCNC(C(=O)OC)c1ccc(F)cc1Cl. The van der Waals surface area contributed by atoms with Crippen LogP contribution in [0.5, 0.6) is 0 Å². The minimum atomic E-state index is -0.659. The Morgan fingerprint density at radius 3 is 2.82 bits per heavy atom. The third-order valence-corrected chi connectivity index (χ3v) is 2.64. The minimum Gasteiger partial charge on any atom is -0.468 e. The summed E-state index contributed by atoms with van der Waals surface area (Å²) in [5.41, 5.74) is 0.522. The van der Waals surface area contributed by atoms with Gasteiger partial charge in [-0.2, -0.15) is 0 Å². The molecule has 1 aromatic rings. The summed E-state index contributed by atoms with van der Waals surface area (Å²) in [5, 5.41) is 3.23. The molecule has 1 rings (SSSR count). The Kier molecular flexibility index (Phi) is 5.38. The summed E-state index contributed by atoms with van der Waals surface area (Å²) in [4.78, 5) is 11.6. The van der Waals surface area contributed by atoms with Gasteiger partial charge in [-0.3, -0.25) is 0 Å². The molecule has 0 aliphatic carbocycles. The fourth-order valence-corrected chi connectivity index (χ4v) is 1.74. The number of hydrogen-bond donors (Lipinski definition) is 1. The van der Waals surface area contributed by atoms with Crippen molar-refractivity contribution in [3.05, 3.63) is 34.6 Å². The van der Waals surface area contributed by atoms with Gasteiger partial charge in [0.15, 0.2) is 0 Å². The second-order valence-corrected chi connectivity index (χ2v) is 3.98. The number of benzene rings is 1. The van der Waals surface area contributed by atoms with Crippen molar-refractivity contribution in [1.82, 2.24) is 5.32 Å². The van der Waals surface area contributed by atoms with Gasteiger partial charge in [0.2, 0.25) is 0 Å². The van der Waals surface area contributed by atoms with E-state index in [4.69, 9.17) is 16.3 Å². The normalized spacial score (nSPS) is 12.2. The summed E-state index contributed by atoms with van der Waals surface area (Å²) in [7, 11) is 1.31. The molecule has 17 heavy (non-hydrogen) atoms. The summed E-state index contributed by atoms with van der Waals surface area (Å²) < 4.78 is 17.6. The predicted molar refractivity (Wildman–Crippen MR) is 64.5 cm³/mol. The van der Waals surface area contributed by atoms with Gasteiger partial charge in [0.05, 0.1) is 7.11 Å². The topological polar surface area (TPSA) is 38.3 Å². The van der Waals surface area contributed by atoms with E-state index in [1.165, 1.54) is 25.3 Å². The number of esters is 1. The van der Waals surface area contributed by atoms with Crippen LogP contribution in [0.3, 0.4) is 0 Å². The molecule has 0 radical (unpaired) electrons. The molecule has 5 heteroatoms. The van der Waals surface area contributed by atoms with Crippen LogP contribution >= 0.6 is 11.6 Å². The monoisotopic (exact) mass is 259 g/mol. The number of hydrogen-bond acceptors (Lipinski definition) is 3. The Bertz CT molecular complexity index is 398. The standard InChI is InChI=1S/C12H15ClFNO2/c1-3-6-15-11(12(16)17-2)9-5-4-8(14)7-10(9)13/h4-5,7,11,15H,3,6H2,1-2H3. The highest BCUT2D eigenvalue weighted by Gasteiger charge is 2.23. The Morgan fingerprint density at radius 1 is 1.59 bits per heavy atom. The Labute approximate surface area is 105 Å². The van der Waals surface area contributed by atoms with Gasteiger partial charge < -0.3 is 10.1 Å². The first kappa shape index (κ1) is 13.9. The highest BCUT2D eigenvalue weighted by atomic mass is 35.5. The van der Waals surface area contributed by atoms with Crippen LogP contribution in [0.15, 0.2) is 18.2 Å². The molecule has 0 aromatic heterocycles. The predicted octanol–water partition coefficient (Wildman–Crippen LogP) is 2.69. The summed E-state index contributed by atoms with van der Waals surface area (Å²) in [5.74, 6) is -0.871. The van der Waals surface area contributed by atoms with Gasteiger partial charge in [-0.15, -0.1) is 0 Å². The van der Waals surface area contributed by atoms with Gasteiger partial charge in [0.25, 0.3) is 0 Å². The van der Waals surface area contributed by atoms with E-state index in [2.05, 4.69) is 5.32 Å². The maximum Gasteiger partial charge on any atom is 0.327 e. The van der Waals surface area contributed by atoms with E-state index in [0.29, 0.717) is 12.1 Å². The number of rotatable bonds is 5. The molecule has 0 saturated heterocycles. The zero-order valence-corrected chi connectivity index (χ0v) is 10.6. The molecule has 0 heterocycles. The second-order valence-electron chi connectivity index (χ2n) is 3.58. The van der Waals surface area contributed by atoms with Gasteiger partial charge in [0.1, 0.15) is 11.9 Å². The highest BCUT2D eigenvalue weighted by Crippen LogP contribution is 2.24. The van der Waals surface area contributed by atoms with Gasteiger partial charge in [0, 0.05) is 5.02 Å². The number of carbonyl (C=O) groups is 1. The first-order valence-corrected chi connectivity index (χ1v) is 5.74. The smallest absolute Gasteiger partial charge is 0.327 e. The van der Waals surface area contributed by atoms with Gasteiger partial charge >= 0.3 is 5.97 Å². The van der Waals surface area contributed by atoms with Gasteiger partial charge in [-0.05, 0) is 30.7 Å². The van der Waals surface area contributed by atoms with Crippen molar-refractivity contribution >= 4 is 17.6 Å². The third-order valence-electron chi connectivity index (χ3n) is 2.31. The quantitative estimate of drug-likeness (QED) is 0.827.